The number of nitrogens with two attached hydrogens (primary N) is 2. The summed E-state index contributed by atoms with van der Waals surface area (Å²) < 4.78 is 0. The summed E-state index contributed by atoms with van der Waals surface area (Å²) >= 11 is 0. The van der Waals surface area contributed by atoms with Crippen LogP contribution in [0, 0.1) is 0 Å². The maximum absolute atomic E-state index is 10.5. The molecule has 1 rings (SSSR count). The van der Waals surface area contributed by atoms with E-state index in [9.17, 15) is 4.79 Å². The van der Waals surface area contributed by atoms with Crippen molar-refractivity contribution in [3.63, 3.8) is 0 Å². The van der Waals surface area contributed by atoms with Gasteiger partial charge in [0.25, 0.3) is 0 Å². The summed E-state index contributed by atoms with van der Waals surface area (Å²) in [4.78, 5) is 21.4. The Bertz CT molecular complexity index is 389. The van der Waals surface area contributed by atoms with Crippen molar-refractivity contribution >= 4 is 11.9 Å². The molecule has 0 aliphatic rings. The van der Waals surface area contributed by atoms with Crippen molar-refractivity contribution in [1.29, 1.82) is 0 Å². The highest BCUT2D eigenvalue weighted by atomic mass is 16.4. The molecule has 0 saturated heterocycles. The molecule has 1 aromatic heterocycles. The van der Waals surface area contributed by atoms with Crippen LogP contribution in [-0.4, -0.2) is 39.6 Å². The van der Waals surface area contributed by atoms with Crippen LogP contribution in [0.2, 0.25) is 0 Å². The van der Waals surface area contributed by atoms with Crippen LogP contribution in [0.25, 0.3) is 0 Å². The quantitative estimate of drug-likeness (QED) is 0.240. The second-order valence-corrected chi connectivity index (χ2v) is 3.75. The fourth-order valence-electron chi connectivity index (χ4n) is 1.26. The smallest absolute Gasteiger partial charge is 0.320 e. The van der Waals surface area contributed by atoms with Gasteiger partial charge in [-0.3, -0.25) is 4.79 Å². The average molecular weight is 254 g/mol. The minimum Gasteiger partial charge on any atom is -0.480 e. The van der Waals surface area contributed by atoms with E-state index in [-0.39, 0.29) is 0 Å². The van der Waals surface area contributed by atoms with Gasteiger partial charge >= 0.3 is 5.97 Å². The van der Waals surface area contributed by atoms with Crippen LogP contribution in [0.5, 0.6) is 0 Å². The number of carboxylic acids is 1. The summed E-state index contributed by atoms with van der Waals surface area (Å²) in [6, 6.07) is -0.826. The number of H-pyrrole nitrogens is 1. The van der Waals surface area contributed by atoms with Gasteiger partial charge < -0.3 is 26.9 Å². The fourth-order valence-corrected chi connectivity index (χ4v) is 1.26. The minimum atomic E-state index is -0.991. The summed E-state index contributed by atoms with van der Waals surface area (Å²) in [6.45, 7) is 0.912. The predicted molar refractivity (Wildman–Crippen MR) is 66.8 cm³/mol. The zero-order chi connectivity index (χ0) is 13.4. The Hall–Kier alpha value is -2.09. The molecular formula is C10H18N6O2. The molecule has 1 aromatic rings. The Kier molecular flexibility index (Phi) is 5.65. The number of aromatic amines is 1. The number of guanidine groups is 1. The third-order valence-corrected chi connectivity index (χ3v) is 2.27. The molecule has 100 valence electrons. The number of nitrogens with one attached hydrogen (secondary N) is 2. The van der Waals surface area contributed by atoms with Crippen LogP contribution in [0.4, 0.5) is 0 Å². The molecule has 1 heterocycles. The normalized spacial score (nSPS) is 13.3. The van der Waals surface area contributed by atoms with Crippen molar-refractivity contribution in [3.8, 4) is 0 Å². The van der Waals surface area contributed by atoms with Crippen molar-refractivity contribution < 1.29 is 9.90 Å². The lowest BCUT2D eigenvalue weighted by molar-refractivity contribution is -0.138. The number of aromatic nitrogens is 2. The maximum Gasteiger partial charge on any atom is 0.320 e. The van der Waals surface area contributed by atoms with Gasteiger partial charge in [-0.25, -0.2) is 9.98 Å². The zero-order valence-electron chi connectivity index (χ0n) is 9.97. The lowest BCUT2D eigenvalue weighted by Gasteiger charge is -2.07. The second kappa shape index (κ2) is 7.28. The Morgan fingerprint density at radius 1 is 1.67 bits per heavy atom. The number of nitrogens with zero attached hydrogens (tertiary/aromatic N) is 2. The summed E-state index contributed by atoms with van der Waals surface area (Å²) in [7, 11) is 0. The third kappa shape index (κ3) is 5.30. The topological polar surface area (TPSA) is 142 Å². The van der Waals surface area contributed by atoms with E-state index in [0.717, 1.165) is 5.82 Å². The van der Waals surface area contributed by atoms with E-state index < -0.39 is 12.0 Å². The van der Waals surface area contributed by atoms with Gasteiger partial charge in [-0.15, -0.1) is 0 Å². The first-order valence-electron chi connectivity index (χ1n) is 5.60. The monoisotopic (exact) mass is 254 g/mol. The lowest BCUT2D eigenvalue weighted by atomic mass is 10.2. The van der Waals surface area contributed by atoms with Gasteiger partial charge in [0.2, 0.25) is 0 Å². The van der Waals surface area contributed by atoms with Gasteiger partial charge in [-0.2, -0.15) is 0 Å². The summed E-state index contributed by atoms with van der Waals surface area (Å²) in [6.07, 6.45) is 4.36. The number of aliphatic carboxylic acids is 1. The van der Waals surface area contributed by atoms with Crippen molar-refractivity contribution in [3.05, 3.63) is 18.2 Å². The van der Waals surface area contributed by atoms with E-state index in [1.54, 1.807) is 12.4 Å². The van der Waals surface area contributed by atoms with Crippen LogP contribution in [0.3, 0.4) is 0 Å². The summed E-state index contributed by atoms with van der Waals surface area (Å²) in [5.74, 6) is 0.0393. The van der Waals surface area contributed by atoms with E-state index in [1.165, 1.54) is 0 Å². The number of carboxylic acid groups (broad SMARTS) is 1. The molecule has 8 nitrogen and oxygen atoms in total. The van der Waals surface area contributed by atoms with E-state index in [0.29, 0.717) is 31.9 Å². The largest absolute Gasteiger partial charge is 0.480 e. The van der Waals surface area contributed by atoms with Crippen molar-refractivity contribution in [2.45, 2.75) is 25.4 Å². The highest BCUT2D eigenvalue weighted by Crippen LogP contribution is 1.93. The molecule has 0 unspecified atom stereocenters. The van der Waals surface area contributed by atoms with Crippen molar-refractivity contribution in [1.82, 2.24) is 15.3 Å². The average Bonchev–Trinajstić information content (AvgIpc) is 2.84. The first-order valence-corrected chi connectivity index (χ1v) is 5.60. The number of rotatable bonds is 7. The molecule has 0 spiro atoms. The molecule has 18 heavy (non-hydrogen) atoms. The number of carbonyl (C=O) groups is 1. The molecule has 0 aromatic carbocycles. The SMILES string of the molecule is NC(=NCc1ncc[nH]1)NCCC[C@@H](N)C(=O)O. The standard InChI is InChI=1S/C10H18N6O2/c11-7(9(17)18)2-1-3-15-10(12)16-6-8-13-4-5-14-8/h4-5,7H,1-3,6,11H2,(H,13,14)(H,17,18)(H3,12,15,16)/t7-/m1/s1. The predicted octanol–water partition coefficient (Wildman–Crippen LogP) is -0.994. The number of imidazole rings is 1. The molecule has 0 aliphatic carbocycles. The Balaban J connectivity index is 2.15. The lowest BCUT2D eigenvalue weighted by Crippen LogP contribution is -2.35. The highest BCUT2D eigenvalue weighted by molar-refractivity contribution is 5.77. The number of hydrogen-bond donors (Lipinski definition) is 5. The molecule has 0 saturated carbocycles. The molecule has 0 aliphatic heterocycles. The Morgan fingerprint density at radius 3 is 3.06 bits per heavy atom. The van der Waals surface area contributed by atoms with Gasteiger partial charge in [-0.1, -0.05) is 0 Å². The maximum atomic E-state index is 10.5. The first kappa shape index (κ1) is 14.0. The molecule has 0 amide bonds. The number of aliphatic imine (C=N–C) groups is 1. The van der Waals surface area contributed by atoms with E-state index in [4.69, 9.17) is 16.6 Å². The second-order valence-electron chi connectivity index (χ2n) is 3.75. The Morgan fingerprint density at radius 2 is 2.44 bits per heavy atom. The molecular weight excluding hydrogens is 236 g/mol. The molecule has 1 atom stereocenters. The van der Waals surface area contributed by atoms with E-state index >= 15 is 0 Å². The summed E-state index contributed by atoms with van der Waals surface area (Å²) in [5.41, 5.74) is 11.0. The molecule has 7 N–H and O–H groups in total. The zero-order valence-corrected chi connectivity index (χ0v) is 9.97. The van der Waals surface area contributed by atoms with Crippen LogP contribution in [0.1, 0.15) is 18.7 Å². The van der Waals surface area contributed by atoms with Crippen molar-refractivity contribution in [2.24, 2.45) is 16.5 Å². The highest BCUT2D eigenvalue weighted by Gasteiger charge is 2.09. The van der Waals surface area contributed by atoms with Crippen LogP contribution < -0.4 is 16.8 Å². The molecule has 0 radical (unpaired) electrons. The molecule has 0 bridgehead atoms. The Labute approximate surface area is 104 Å². The van der Waals surface area contributed by atoms with Gasteiger partial charge in [0.15, 0.2) is 5.96 Å². The van der Waals surface area contributed by atoms with Gasteiger partial charge in [0.1, 0.15) is 18.4 Å². The van der Waals surface area contributed by atoms with Crippen LogP contribution in [0.15, 0.2) is 17.4 Å². The number of hydrogen-bond acceptors (Lipinski definition) is 4. The summed E-state index contributed by atoms with van der Waals surface area (Å²) in [5, 5.41) is 11.5. The van der Waals surface area contributed by atoms with E-state index in [1.807, 2.05) is 0 Å². The van der Waals surface area contributed by atoms with Crippen LogP contribution in [-0.2, 0) is 11.3 Å². The van der Waals surface area contributed by atoms with Crippen molar-refractivity contribution in [2.75, 3.05) is 6.54 Å². The molecule has 0 fully saturated rings. The van der Waals surface area contributed by atoms with E-state index in [2.05, 4.69) is 20.3 Å². The van der Waals surface area contributed by atoms with Gasteiger partial charge in [0, 0.05) is 18.9 Å². The van der Waals surface area contributed by atoms with Gasteiger partial charge in [-0.05, 0) is 12.8 Å². The first-order chi connectivity index (χ1) is 8.59. The third-order valence-electron chi connectivity index (χ3n) is 2.27. The fraction of sp³-hybridized carbons (Fsp3) is 0.500. The molecule has 8 heteroatoms. The van der Waals surface area contributed by atoms with Gasteiger partial charge in [0.05, 0.1) is 0 Å². The minimum absolute atomic E-state index is 0.301. The van der Waals surface area contributed by atoms with Crippen LogP contribution >= 0.6 is 0 Å².